The number of allylic oxidation sites excluding steroid dienone is 1. The lowest BCUT2D eigenvalue weighted by atomic mass is 10.1. The van der Waals surface area contributed by atoms with E-state index < -0.39 is 6.17 Å². The number of hydrazine groups is 1. The third kappa shape index (κ3) is 2.43. The number of nitrogens with zero attached hydrogens (tertiary/aromatic N) is 2. The topological polar surface area (TPSA) is 71.2 Å². The number of aromatic nitrogens is 1. The standard InChI is InChI=1S/C15H16N4OS/c1-9-10(2)19(16)13(18-14(9)20)15-17-12(8-21-15)11-6-4-3-5-7-11/h3-8,13H,16H2,1-2H3,(H,18,20). The minimum Gasteiger partial charge on any atom is -0.325 e. The highest BCUT2D eigenvalue weighted by atomic mass is 32.1. The number of hydrogen-bond donors (Lipinski definition) is 2. The molecule has 0 fully saturated rings. The van der Waals surface area contributed by atoms with Crippen LogP contribution in [0.5, 0.6) is 0 Å². The van der Waals surface area contributed by atoms with Crippen molar-refractivity contribution in [1.82, 2.24) is 15.3 Å². The maximum atomic E-state index is 11.9. The van der Waals surface area contributed by atoms with Crippen LogP contribution in [-0.4, -0.2) is 15.9 Å². The number of amides is 1. The van der Waals surface area contributed by atoms with E-state index in [-0.39, 0.29) is 5.91 Å². The van der Waals surface area contributed by atoms with Crippen LogP contribution in [0.1, 0.15) is 25.0 Å². The fraction of sp³-hybridized carbons (Fsp3) is 0.200. The number of thiazole rings is 1. The van der Waals surface area contributed by atoms with Crippen LogP contribution in [0.25, 0.3) is 11.3 Å². The van der Waals surface area contributed by atoms with Gasteiger partial charge in [0.1, 0.15) is 5.01 Å². The monoisotopic (exact) mass is 300 g/mol. The molecule has 3 rings (SSSR count). The predicted octanol–water partition coefficient (Wildman–Crippen LogP) is 2.41. The maximum absolute atomic E-state index is 11.9. The molecular formula is C15H16N4OS. The van der Waals surface area contributed by atoms with Crippen molar-refractivity contribution in [3.8, 4) is 11.3 Å². The Labute approximate surface area is 127 Å². The molecule has 0 saturated carbocycles. The van der Waals surface area contributed by atoms with Gasteiger partial charge in [-0.3, -0.25) is 9.80 Å². The number of nitrogens with two attached hydrogens (primary N) is 1. The molecule has 3 N–H and O–H groups in total. The van der Waals surface area contributed by atoms with Crippen LogP contribution in [0.4, 0.5) is 0 Å². The molecule has 1 aliphatic heterocycles. The largest absolute Gasteiger partial charge is 0.325 e. The Bertz CT molecular complexity index is 707. The van der Waals surface area contributed by atoms with Crippen molar-refractivity contribution < 1.29 is 4.79 Å². The van der Waals surface area contributed by atoms with Crippen LogP contribution < -0.4 is 11.2 Å². The summed E-state index contributed by atoms with van der Waals surface area (Å²) in [4.78, 5) is 16.5. The predicted molar refractivity (Wildman–Crippen MR) is 82.8 cm³/mol. The van der Waals surface area contributed by atoms with Gasteiger partial charge in [-0.1, -0.05) is 30.3 Å². The smallest absolute Gasteiger partial charge is 0.250 e. The van der Waals surface area contributed by atoms with E-state index in [1.165, 1.54) is 11.3 Å². The summed E-state index contributed by atoms with van der Waals surface area (Å²) in [5.41, 5.74) is 3.34. The van der Waals surface area contributed by atoms with Crippen LogP contribution in [0, 0.1) is 0 Å². The van der Waals surface area contributed by atoms with Gasteiger partial charge in [0.25, 0.3) is 5.91 Å². The molecule has 1 unspecified atom stereocenters. The quantitative estimate of drug-likeness (QED) is 0.836. The molecule has 2 heterocycles. The van der Waals surface area contributed by atoms with Gasteiger partial charge in [0.05, 0.1) is 5.69 Å². The van der Waals surface area contributed by atoms with E-state index in [9.17, 15) is 4.79 Å². The highest BCUT2D eigenvalue weighted by Crippen LogP contribution is 2.30. The summed E-state index contributed by atoms with van der Waals surface area (Å²) in [6.07, 6.45) is -0.413. The summed E-state index contributed by atoms with van der Waals surface area (Å²) in [5, 5.41) is 7.19. The number of benzene rings is 1. The number of rotatable bonds is 2. The van der Waals surface area contributed by atoms with Crippen molar-refractivity contribution >= 4 is 17.2 Å². The molecule has 1 aromatic heterocycles. The molecule has 5 nitrogen and oxygen atoms in total. The fourth-order valence-electron chi connectivity index (χ4n) is 2.19. The highest BCUT2D eigenvalue weighted by molar-refractivity contribution is 7.10. The second kappa shape index (κ2) is 5.31. The Kier molecular flexibility index (Phi) is 3.48. The summed E-state index contributed by atoms with van der Waals surface area (Å²) in [5.74, 6) is 5.98. The first-order chi connectivity index (χ1) is 10.1. The van der Waals surface area contributed by atoms with E-state index in [1.807, 2.05) is 42.6 Å². The van der Waals surface area contributed by atoms with Crippen molar-refractivity contribution in [2.45, 2.75) is 20.0 Å². The van der Waals surface area contributed by atoms with Crippen LogP contribution in [-0.2, 0) is 4.79 Å². The summed E-state index contributed by atoms with van der Waals surface area (Å²) >= 11 is 1.49. The van der Waals surface area contributed by atoms with Crippen LogP contribution in [0.2, 0.25) is 0 Å². The number of carbonyl (C=O) groups excluding carboxylic acids is 1. The lowest BCUT2D eigenvalue weighted by Gasteiger charge is -2.34. The van der Waals surface area contributed by atoms with E-state index in [0.717, 1.165) is 22.0 Å². The Hall–Kier alpha value is -2.18. The van der Waals surface area contributed by atoms with Gasteiger partial charge in [-0.05, 0) is 13.8 Å². The molecule has 1 atom stereocenters. The number of hydrogen-bond acceptors (Lipinski definition) is 5. The summed E-state index contributed by atoms with van der Waals surface area (Å²) < 4.78 is 0. The van der Waals surface area contributed by atoms with Crippen LogP contribution >= 0.6 is 11.3 Å². The molecular weight excluding hydrogens is 284 g/mol. The molecule has 2 aromatic rings. The lowest BCUT2D eigenvalue weighted by molar-refractivity contribution is -0.120. The van der Waals surface area contributed by atoms with Gasteiger partial charge in [0, 0.05) is 22.2 Å². The first kappa shape index (κ1) is 13.8. The molecule has 0 radical (unpaired) electrons. The lowest BCUT2D eigenvalue weighted by Crippen LogP contribution is -2.49. The summed E-state index contributed by atoms with van der Waals surface area (Å²) in [6, 6.07) is 9.93. The summed E-state index contributed by atoms with van der Waals surface area (Å²) in [7, 11) is 0. The minimum absolute atomic E-state index is 0.101. The van der Waals surface area contributed by atoms with Crippen molar-refractivity contribution in [2.75, 3.05) is 0 Å². The zero-order valence-corrected chi connectivity index (χ0v) is 12.6. The van der Waals surface area contributed by atoms with E-state index in [1.54, 1.807) is 11.9 Å². The first-order valence-corrected chi connectivity index (χ1v) is 7.49. The second-order valence-electron chi connectivity index (χ2n) is 4.93. The first-order valence-electron chi connectivity index (χ1n) is 6.61. The highest BCUT2D eigenvalue weighted by Gasteiger charge is 2.30. The van der Waals surface area contributed by atoms with Gasteiger partial charge in [-0.25, -0.2) is 10.8 Å². The van der Waals surface area contributed by atoms with Gasteiger partial charge in [0.2, 0.25) is 0 Å². The SMILES string of the molecule is CC1=C(C)N(N)C(c2nc(-c3ccccc3)cs2)NC1=O. The van der Waals surface area contributed by atoms with Crippen molar-refractivity contribution in [3.05, 3.63) is 52.0 Å². The van der Waals surface area contributed by atoms with Crippen molar-refractivity contribution in [2.24, 2.45) is 5.84 Å². The summed E-state index contributed by atoms with van der Waals surface area (Å²) in [6.45, 7) is 3.60. The Morgan fingerprint density at radius 3 is 2.71 bits per heavy atom. The molecule has 108 valence electrons. The Morgan fingerprint density at radius 2 is 2.00 bits per heavy atom. The number of carbonyl (C=O) groups is 1. The molecule has 0 bridgehead atoms. The van der Waals surface area contributed by atoms with E-state index in [2.05, 4.69) is 10.3 Å². The molecule has 0 saturated heterocycles. The second-order valence-corrected chi connectivity index (χ2v) is 5.82. The van der Waals surface area contributed by atoms with Crippen LogP contribution in [0.3, 0.4) is 0 Å². The van der Waals surface area contributed by atoms with Crippen LogP contribution in [0.15, 0.2) is 47.0 Å². The third-order valence-electron chi connectivity index (χ3n) is 3.64. The van der Waals surface area contributed by atoms with Gasteiger partial charge in [-0.2, -0.15) is 0 Å². The van der Waals surface area contributed by atoms with Crippen molar-refractivity contribution in [1.29, 1.82) is 0 Å². The van der Waals surface area contributed by atoms with Gasteiger partial charge >= 0.3 is 0 Å². The molecule has 0 aliphatic carbocycles. The molecule has 1 amide bonds. The fourth-order valence-corrected chi connectivity index (χ4v) is 3.06. The zero-order valence-electron chi connectivity index (χ0n) is 11.8. The van der Waals surface area contributed by atoms with Gasteiger partial charge in [0.15, 0.2) is 6.17 Å². The zero-order chi connectivity index (χ0) is 15.0. The van der Waals surface area contributed by atoms with E-state index in [4.69, 9.17) is 5.84 Å². The molecule has 0 spiro atoms. The average molecular weight is 300 g/mol. The van der Waals surface area contributed by atoms with E-state index >= 15 is 0 Å². The van der Waals surface area contributed by atoms with Crippen molar-refractivity contribution in [3.63, 3.8) is 0 Å². The number of nitrogens with one attached hydrogen (secondary N) is 1. The van der Waals surface area contributed by atoms with Gasteiger partial charge in [-0.15, -0.1) is 11.3 Å². The van der Waals surface area contributed by atoms with Gasteiger partial charge < -0.3 is 5.32 Å². The molecule has 1 aromatic carbocycles. The minimum atomic E-state index is -0.413. The Morgan fingerprint density at radius 1 is 1.29 bits per heavy atom. The average Bonchev–Trinajstić information content (AvgIpc) is 2.99. The maximum Gasteiger partial charge on any atom is 0.250 e. The Balaban J connectivity index is 1.93. The molecule has 6 heteroatoms. The third-order valence-corrected chi connectivity index (χ3v) is 4.54. The molecule has 1 aliphatic rings. The normalized spacial score (nSPS) is 18.9. The molecule has 21 heavy (non-hydrogen) atoms. The van der Waals surface area contributed by atoms with E-state index in [0.29, 0.717) is 5.57 Å².